The van der Waals surface area contributed by atoms with E-state index in [2.05, 4.69) is 0 Å². The molecule has 1 aliphatic rings. The van der Waals surface area contributed by atoms with Crippen LogP contribution in [0.1, 0.15) is 36.2 Å². The number of carbonyl (C=O) groups is 1. The van der Waals surface area contributed by atoms with E-state index in [1.54, 1.807) is 4.90 Å². The summed E-state index contributed by atoms with van der Waals surface area (Å²) >= 11 is 0. The maximum absolute atomic E-state index is 12.7. The number of hydrogen-bond donors (Lipinski definition) is 1. The third-order valence-electron chi connectivity index (χ3n) is 3.58. The summed E-state index contributed by atoms with van der Waals surface area (Å²) in [5.41, 5.74) is 4.80. The molecule has 0 radical (unpaired) electrons. The van der Waals surface area contributed by atoms with E-state index >= 15 is 0 Å². The number of benzene rings is 1. The maximum Gasteiger partial charge on any atom is 0.416 e. The Balaban J connectivity index is 2.31. The van der Waals surface area contributed by atoms with Gasteiger partial charge < -0.3 is 10.6 Å². The minimum Gasteiger partial charge on any atom is -0.398 e. The zero-order valence-corrected chi connectivity index (χ0v) is 11.4. The summed E-state index contributed by atoms with van der Waals surface area (Å²) in [6.45, 7) is 5.12. The van der Waals surface area contributed by atoms with Crippen molar-refractivity contribution in [2.24, 2.45) is 5.41 Å². The lowest BCUT2D eigenvalue weighted by atomic mass is 9.93. The Labute approximate surface area is 115 Å². The fourth-order valence-corrected chi connectivity index (χ4v) is 2.37. The van der Waals surface area contributed by atoms with Crippen LogP contribution in [-0.2, 0) is 6.18 Å². The molecule has 1 saturated heterocycles. The van der Waals surface area contributed by atoms with Gasteiger partial charge in [-0.15, -0.1) is 0 Å². The van der Waals surface area contributed by atoms with E-state index in [0.717, 1.165) is 24.6 Å². The van der Waals surface area contributed by atoms with Crippen LogP contribution < -0.4 is 5.73 Å². The van der Waals surface area contributed by atoms with Crippen LogP contribution in [0.5, 0.6) is 0 Å². The summed E-state index contributed by atoms with van der Waals surface area (Å²) in [5, 5.41) is 0. The molecule has 1 amide bonds. The van der Waals surface area contributed by atoms with Gasteiger partial charge in [-0.2, -0.15) is 13.2 Å². The number of nitrogens with zero attached hydrogens (tertiary/aromatic N) is 1. The van der Waals surface area contributed by atoms with Crippen LogP contribution in [0.2, 0.25) is 0 Å². The average Bonchev–Trinajstić information content (AvgIpc) is 2.68. The Hall–Kier alpha value is -1.72. The quantitative estimate of drug-likeness (QED) is 0.806. The first-order valence-corrected chi connectivity index (χ1v) is 6.36. The van der Waals surface area contributed by atoms with E-state index in [1.807, 2.05) is 13.8 Å². The fraction of sp³-hybridized carbons (Fsp3) is 0.500. The van der Waals surface area contributed by atoms with E-state index in [9.17, 15) is 18.0 Å². The molecule has 110 valence electrons. The van der Waals surface area contributed by atoms with Crippen molar-refractivity contribution >= 4 is 11.6 Å². The molecule has 2 rings (SSSR count). The Morgan fingerprint density at radius 1 is 1.35 bits per heavy atom. The third kappa shape index (κ3) is 2.89. The molecule has 2 N–H and O–H groups in total. The van der Waals surface area contributed by atoms with Crippen LogP contribution in [0.25, 0.3) is 0 Å². The smallest absolute Gasteiger partial charge is 0.398 e. The normalized spacial score (nSPS) is 18.4. The molecule has 1 fully saturated rings. The van der Waals surface area contributed by atoms with Crippen molar-refractivity contribution in [3.63, 3.8) is 0 Å². The predicted octanol–water partition coefficient (Wildman–Crippen LogP) is 3.16. The highest BCUT2D eigenvalue weighted by Gasteiger charge is 2.35. The molecule has 0 aliphatic carbocycles. The molecule has 1 heterocycles. The Morgan fingerprint density at radius 3 is 2.50 bits per heavy atom. The molecule has 1 aromatic rings. The summed E-state index contributed by atoms with van der Waals surface area (Å²) in [7, 11) is 0. The van der Waals surface area contributed by atoms with Crippen molar-refractivity contribution in [2.45, 2.75) is 26.4 Å². The largest absolute Gasteiger partial charge is 0.416 e. The van der Waals surface area contributed by atoms with Crippen LogP contribution in [0.15, 0.2) is 18.2 Å². The van der Waals surface area contributed by atoms with Gasteiger partial charge >= 0.3 is 6.18 Å². The highest BCUT2D eigenvalue weighted by molar-refractivity contribution is 5.99. The van der Waals surface area contributed by atoms with Gasteiger partial charge in [-0.1, -0.05) is 13.8 Å². The molecular formula is C14H17F3N2O. The molecule has 0 unspecified atom stereocenters. The second-order valence-electron chi connectivity index (χ2n) is 5.94. The zero-order valence-electron chi connectivity index (χ0n) is 11.4. The number of nitrogens with two attached hydrogens (primary N) is 1. The number of anilines is 1. The molecule has 1 aliphatic heterocycles. The van der Waals surface area contributed by atoms with Crippen LogP contribution in [0.3, 0.4) is 0 Å². The Kier molecular flexibility index (Phi) is 3.44. The van der Waals surface area contributed by atoms with Gasteiger partial charge in [-0.3, -0.25) is 4.79 Å². The number of likely N-dealkylation sites (tertiary alicyclic amines) is 1. The van der Waals surface area contributed by atoms with Gasteiger partial charge in [0.1, 0.15) is 0 Å². The predicted molar refractivity (Wildman–Crippen MR) is 70.2 cm³/mol. The van der Waals surface area contributed by atoms with Gasteiger partial charge in [0.25, 0.3) is 5.91 Å². The highest BCUT2D eigenvalue weighted by atomic mass is 19.4. The van der Waals surface area contributed by atoms with Gasteiger partial charge in [0.15, 0.2) is 0 Å². The lowest BCUT2D eigenvalue weighted by molar-refractivity contribution is -0.137. The number of rotatable bonds is 1. The topological polar surface area (TPSA) is 46.3 Å². The number of carbonyl (C=O) groups excluding carboxylic acids is 1. The van der Waals surface area contributed by atoms with E-state index in [-0.39, 0.29) is 16.7 Å². The summed E-state index contributed by atoms with van der Waals surface area (Å²) in [6.07, 6.45) is -3.65. The van der Waals surface area contributed by atoms with Crippen LogP contribution in [0, 0.1) is 5.41 Å². The highest BCUT2D eigenvalue weighted by Crippen LogP contribution is 2.33. The van der Waals surface area contributed by atoms with Gasteiger partial charge in [-0.25, -0.2) is 0 Å². The van der Waals surface area contributed by atoms with Crippen molar-refractivity contribution in [1.82, 2.24) is 4.90 Å². The van der Waals surface area contributed by atoms with E-state index < -0.39 is 17.6 Å². The van der Waals surface area contributed by atoms with Gasteiger partial charge in [0.05, 0.1) is 11.1 Å². The summed E-state index contributed by atoms with van der Waals surface area (Å²) in [5.74, 6) is -0.431. The molecular weight excluding hydrogens is 269 g/mol. The van der Waals surface area contributed by atoms with Crippen molar-refractivity contribution in [3.05, 3.63) is 29.3 Å². The van der Waals surface area contributed by atoms with Crippen molar-refractivity contribution in [3.8, 4) is 0 Å². The summed E-state index contributed by atoms with van der Waals surface area (Å²) in [6, 6.07) is 2.86. The number of amides is 1. The standard InChI is InChI=1S/C14H17F3N2O/c1-13(2)5-6-19(8-13)12(20)10-7-9(14(15,16)17)3-4-11(10)18/h3-4,7H,5-6,8,18H2,1-2H3. The molecule has 20 heavy (non-hydrogen) atoms. The first-order chi connectivity index (χ1) is 9.10. The van der Waals surface area contributed by atoms with Crippen molar-refractivity contribution in [2.75, 3.05) is 18.8 Å². The second kappa shape index (κ2) is 4.68. The number of nitrogen functional groups attached to an aromatic ring is 1. The molecule has 0 bridgehead atoms. The van der Waals surface area contributed by atoms with Gasteiger partial charge in [-0.05, 0) is 30.0 Å². The fourth-order valence-electron chi connectivity index (χ4n) is 2.37. The average molecular weight is 286 g/mol. The summed E-state index contributed by atoms with van der Waals surface area (Å²) in [4.78, 5) is 13.9. The van der Waals surface area contributed by atoms with Gasteiger partial charge in [0.2, 0.25) is 0 Å². The monoisotopic (exact) mass is 286 g/mol. The minimum absolute atomic E-state index is 0.00788. The molecule has 0 atom stereocenters. The lowest BCUT2D eigenvalue weighted by Gasteiger charge is -2.21. The lowest BCUT2D eigenvalue weighted by Crippen LogP contribution is -2.31. The third-order valence-corrected chi connectivity index (χ3v) is 3.58. The summed E-state index contributed by atoms with van der Waals surface area (Å²) < 4.78 is 38.1. The van der Waals surface area contributed by atoms with Crippen molar-refractivity contribution in [1.29, 1.82) is 0 Å². The first kappa shape index (κ1) is 14.7. The SMILES string of the molecule is CC1(C)CCN(C(=O)c2cc(C(F)(F)F)ccc2N)C1. The molecule has 3 nitrogen and oxygen atoms in total. The van der Waals surface area contributed by atoms with E-state index in [4.69, 9.17) is 5.73 Å². The molecule has 1 aromatic carbocycles. The Bertz CT molecular complexity index is 538. The van der Waals surface area contributed by atoms with E-state index in [0.29, 0.717) is 13.1 Å². The van der Waals surface area contributed by atoms with Crippen molar-refractivity contribution < 1.29 is 18.0 Å². The van der Waals surface area contributed by atoms with Crippen LogP contribution in [0.4, 0.5) is 18.9 Å². The van der Waals surface area contributed by atoms with E-state index in [1.165, 1.54) is 0 Å². The minimum atomic E-state index is -4.48. The molecule has 0 saturated carbocycles. The number of halogens is 3. The number of hydrogen-bond acceptors (Lipinski definition) is 2. The zero-order chi connectivity index (χ0) is 15.1. The second-order valence-corrected chi connectivity index (χ2v) is 5.94. The molecule has 0 aromatic heterocycles. The van der Waals surface area contributed by atoms with Crippen LogP contribution >= 0.6 is 0 Å². The van der Waals surface area contributed by atoms with Crippen LogP contribution in [-0.4, -0.2) is 23.9 Å². The molecule has 0 spiro atoms. The molecule has 6 heteroatoms. The number of alkyl halides is 3. The maximum atomic E-state index is 12.7. The first-order valence-electron chi connectivity index (χ1n) is 6.36. The van der Waals surface area contributed by atoms with Gasteiger partial charge in [0, 0.05) is 18.8 Å². The Morgan fingerprint density at radius 2 is 2.00 bits per heavy atom.